The first-order valence-corrected chi connectivity index (χ1v) is 6.91. The molecule has 5 heteroatoms. The highest BCUT2D eigenvalue weighted by molar-refractivity contribution is 5.26. The van der Waals surface area contributed by atoms with E-state index in [-0.39, 0.29) is 12.5 Å². The Bertz CT molecular complexity index is 425. The molecule has 0 aliphatic carbocycles. The van der Waals surface area contributed by atoms with E-state index in [1.54, 1.807) is 6.07 Å². The van der Waals surface area contributed by atoms with Gasteiger partial charge in [0.25, 0.3) is 0 Å². The van der Waals surface area contributed by atoms with Gasteiger partial charge in [0.2, 0.25) is 0 Å². The maximum Gasteiger partial charge on any atom is 0.416 e. The SMILES string of the molecule is OC(CCC1CCCO1)Cc1cccc(C(F)(F)F)c1. The molecule has 2 rings (SSSR count). The molecule has 1 N–H and O–H groups in total. The molecular formula is C15H19F3O2. The normalized spacial score (nSPS) is 21.1. The summed E-state index contributed by atoms with van der Waals surface area (Å²) in [7, 11) is 0. The van der Waals surface area contributed by atoms with Gasteiger partial charge in [-0.3, -0.25) is 0 Å². The third kappa shape index (κ3) is 4.49. The molecule has 1 aromatic carbocycles. The van der Waals surface area contributed by atoms with Crippen LogP contribution in [0.1, 0.15) is 36.8 Å². The molecule has 0 amide bonds. The Labute approximate surface area is 116 Å². The van der Waals surface area contributed by atoms with Crippen LogP contribution in [0, 0.1) is 0 Å². The highest BCUT2D eigenvalue weighted by Gasteiger charge is 2.30. The summed E-state index contributed by atoms with van der Waals surface area (Å²) in [5.41, 5.74) is -0.152. The van der Waals surface area contributed by atoms with Gasteiger partial charge in [-0.15, -0.1) is 0 Å². The number of benzene rings is 1. The number of aliphatic hydroxyl groups is 1. The number of aliphatic hydroxyl groups excluding tert-OH is 1. The summed E-state index contributed by atoms with van der Waals surface area (Å²) >= 11 is 0. The number of hydrogen-bond acceptors (Lipinski definition) is 2. The summed E-state index contributed by atoms with van der Waals surface area (Å²) in [6.07, 6.45) is -1.13. The smallest absolute Gasteiger partial charge is 0.393 e. The first-order valence-electron chi connectivity index (χ1n) is 6.91. The Morgan fingerprint density at radius 2 is 2.15 bits per heavy atom. The predicted octanol–water partition coefficient (Wildman–Crippen LogP) is 3.57. The van der Waals surface area contributed by atoms with E-state index in [9.17, 15) is 18.3 Å². The number of alkyl halides is 3. The minimum atomic E-state index is -4.33. The van der Waals surface area contributed by atoms with Gasteiger partial charge in [-0.05, 0) is 43.7 Å². The zero-order valence-corrected chi connectivity index (χ0v) is 11.2. The van der Waals surface area contributed by atoms with Gasteiger partial charge in [0.1, 0.15) is 0 Å². The van der Waals surface area contributed by atoms with Crippen molar-refractivity contribution in [3.8, 4) is 0 Å². The number of ether oxygens (including phenoxy) is 1. The molecule has 1 aliphatic heterocycles. The summed E-state index contributed by atoms with van der Waals surface area (Å²) in [5.74, 6) is 0. The maximum absolute atomic E-state index is 12.6. The monoisotopic (exact) mass is 288 g/mol. The van der Waals surface area contributed by atoms with Crippen LogP contribution >= 0.6 is 0 Å². The van der Waals surface area contributed by atoms with E-state index in [4.69, 9.17) is 4.74 Å². The number of hydrogen-bond donors (Lipinski definition) is 1. The van der Waals surface area contributed by atoms with Crippen LogP contribution in [-0.2, 0) is 17.3 Å². The zero-order valence-electron chi connectivity index (χ0n) is 11.2. The predicted molar refractivity (Wildman–Crippen MR) is 69.4 cm³/mol. The fourth-order valence-corrected chi connectivity index (χ4v) is 2.50. The van der Waals surface area contributed by atoms with Crippen LogP contribution in [0.2, 0.25) is 0 Å². The maximum atomic E-state index is 12.6. The van der Waals surface area contributed by atoms with E-state index in [2.05, 4.69) is 0 Å². The molecule has 0 saturated carbocycles. The molecule has 1 heterocycles. The van der Waals surface area contributed by atoms with Crippen LogP contribution in [-0.4, -0.2) is 23.9 Å². The summed E-state index contributed by atoms with van der Waals surface area (Å²) in [6.45, 7) is 0.772. The Kier molecular flexibility index (Phi) is 5.05. The van der Waals surface area contributed by atoms with Crippen LogP contribution in [0.4, 0.5) is 13.2 Å². The molecule has 0 bridgehead atoms. The third-order valence-electron chi connectivity index (χ3n) is 3.57. The van der Waals surface area contributed by atoms with Crippen LogP contribution in [0.15, 0.2) is 24.3 Å². The lowest BCUT2D eigenvalue weighted by molar-refractivity contribution is -0.137. The molecule has 1 fully saturated rings. The van der Waals surface area contributed by atoms with Crippen molar-refractivity contribution in [2.75, 3.05) is 6.61 Å². The minimum absolute atomic E-state index is 0.200. The van der Waals surface area contributed by atoms with E-state index in [1.807, 2.05) is 0 Å². The van der Waals surface area contributed by atoms with Crippen molar-refractivity contribution in [1.29, 1.82) is 0 Å². The highest BCUT2D eigenvalue weighted by atomic mass is 19.4. The van der Waals surface area contributed by atoms with Crippen LogP contribution in [0.5, 0.6) is 0 Å². The Hall–Kier alpha value is -1.07. The number of halogens is 3. The minimum Gasteiger partial charge on any atom is -0.393 e. The molecule has 2 nitrogen and oxygen atoms in total. The second kappa shape index (κ2) is 6.59. The van der Waals surface area contributed by atoms with Crippen molar-refractivity contribution in [2.24, 2.45) is 0 Å². The first-order chi connectivity index (χ1) is 9.45. The van der Waals surface area contributed by atoms with Crippen LogP contribution < -0.4 is 0 Å². The fourth-order valence-electron chi connectivity index (χ4n) is 2.50. The summed E-state index contributed by atoms with van der Waals surface area (Å²) in [6, 6.07) is 5.15. The summed E-state index contributed by atoms with van der Waals surface area (Å²) < 4.78 is 43.2. The topological polar surface area (TPSA) is 29.5 Å². The lowest BCUT2D eigenvalue weighted by atomic mass is 10.00. The van der Waals surface area contributed by atoms with E-state index in [0.717, 1.165) is 38.0 Å². The molecule has 1 saturated heterocycles. The molecule has 2 unspecified atom stereocenters. The van der Waals surface area contributed by atoms with E-state index in [0.29, 0.717) is 12.0 Å². The molecule has 0 radical (unpaired) electrons. The van der Waals surface area contributed by atoms with Crippen molar-refractivity contribution in [3.05, 3.63) is 35.4 Å². The first kappa shape index (κ1) is 15.3. The number of rotatable bonds is 5. The average molecular weight is 288 g/mol. The summed E-state index contributed by atoms with van der Waals surface area (Å²) in [5, 5.41) is 9.92. The Morgan fingerprint density at radius 3 is 2.80 bits per heavy atom. The van der Waals surface area contributed by atoms with Gasteiger partial charge in [-0.1, -0.05) is 18.2 Å². The van der Waals surface area contributed by atoms with Gasteiger partial charge in [0, 0.05) is 6.61 Å². The average Bonchev–Trinajstić information content (AvgIpc) is 2.89. The van der Waals surface area contributed by atoms with Crippen molar-refractivity contribution in [2.45, 2.75) is 50.5 Å². The molecule has 112 valence electrons. The van der Waals surface area contributed by atoms with Gasteiger partial charge in [0.15, 0.2) is 0 Å². The molecule has 20 heavy (non-hydrogen) atoms. The standard InChI is InChI=1S/C15H19F3O2/c16-15(17,18)12-4-1-3-11(9-12)10-13(19)6-7-14-5-2-8-20-14/h1,3-4,9,13-14,19H,2,5-8,10H2. The lowest BCUT2D eigenvalue weighted by Gasteiger charge is -2.15. The molecule has 0 aromatic heterocycles. The second-order valence-corrected chi connectivity index (χ2v) is 5.27. The molecular weight excluding hydrogens is 269 g/mol. The Balaban J connectivity index is 1.85. The van der Waals surface area contributed by atoms with Gasteiger partial charge in [-0.2, -0.15) is 13.2 Å². The zero-order chi connectivity index (χ0) is 14.6. The molecule has 1 aliphatic rings. The van der Waals surface area contributed by atoms with Crippen LogP contribution in [0.25, 0.3) is 0 Å². The van der Waals surface area contributed by atoms with Crippen molar-refractivity contribution in [1.82, 2.24) is 0 Å². The quantitative estimate of drug-likeness (QED) is 0.897. The van der Waals surface area contributed by atoms with Crippen molar-refractivity contribution < 1.29 is 23.0 Å². The highest BCUT2D eigenvalue weighted by Crippen LogP contribution is 2.30. The fraction of sp³-hybridized carbons (Fsp3) is 0.600. The Morgan fingerprint density at radius 1 is 1.35 bits per heavy atom. The second-order valence-electron chi connectivity index (χ2n) is 5.27. The van der Waals surface area contributed by atoms with Gasteiger partial charge >= 0.3 is 6.18 Å². The van der Waals surface area contributed by atoms with E-state index < -0.39 is 17.8 Å². The van der Waals surface area contributed by atoms with E-state index >= 15 is 0 Å². The van der Waals surface area contributed by atoms with Crippen molar-refractivity contribution in [3.63, 3.8) is 0 Å². The third-order valence-corrected chi connectivity index (χ3v) is 3.57. The summed E-state index contributed by atoms with van der Waals surface area (Å²) in [4.78, 5) is 0. The van der Waals surface area contributed by atoms with Gasteiger partial charge in [0.05, 0.1) is 17.8 Å². The van der Waals surface area contributed by atoms with Crippen molar-refractivity contribution >= 4 is 0 Å². The van der Waals surface area contributed by atoms with Gasteiger partial charge in [-0.25, -0.2) is 0 Å². The van der Waals surface area contributed by atoms with Crippen LogP contribution in [0.3, 0.4) is 0 Å². The lowest BCUT2D eigenvalue weighted by Crippen LogP contribution is -2.15. The van der Waals surface area contributed by atoms with Gasteiger partial charge < -0.3 is 9.84 Å². The molecule has 0 spiro atoms. The largest absolute Gasteiger partial charge is 0.416 e. The molecule has 1 aromatic rings. The van der Waals surface area contributed by atoms with E-state index in [1.165, 1.54) is 6.07 Å². The molecule has 2 atom stereocenters.